The van der Waals surface area contributed by atoms with Crippen LogP contribution in [0.5, 0.6) is 5.75 Å². The molecule has 0 radical (unpaired) electrons. The molecule has 0 bridgehead atoms. The number of thioether (sulfide) groups is 1. The number of rotatable bonds is 8. The van der Waals surface area contributed by atoms with E-state index < -0.39 is 0 Å². The van der Waals surface area contributed by atoms with Gasteiger partial charge >= 0.3 is 0 Å². The average molecular weight is 414 g/mol. The van der Waals surface area contributed by atoms with Crippen LogP contribution < -0.4 is 10.1 Å². The molecule has 1 aliphatic rings. The number of amides is 1. The van der Waals surface area contributed by atoms with Gasteiger partial charge in [-0.05, 0) is 37.5 Å². The summed E-state index contributed by atoms with van der Waals surface area (Å²) in [7, 11) is 0. The fraction of sp³-hybridized carbons (Fsp3) is 0.400. The third-order valence-corrected chi connectivity index (χ3v) is 5.55. The third kappa shape index (κ3) is 5.17. The highest BCUT2D eigenvalue weighted by molar-refractivity contribution is 7.99. The molecule has 29 heavy (non-hydrogen) atoms. The van der Waals surface area contributed by atoms with Crippen LogP contribution in [-0.4, -0.2) is 31.6 Å². The minimum Gasteiger partial charge on any atom is -0.484 e. The van der Waals surface area contributed by atoms with Crippen LogP contribution >= 0.6 is 11.8 Å². The summed E-state index contributed by atoms with van der Waals surface area (Å²) < 4.78 is 13.1. The largest absolute Gasteiger partial charge is 0.484 e. The maximum absolute atomic E-state index is 12.3. The van der Waals surface area contributed by atoms with Crippen LogP contribution in [0.15, 0.2) is 46.2 Å². The minimum absolute atomic E-state index is 0.134. The van der Waals surface area contributed by atoms with Crippen molar-refractivity contribution in [1.29, 1.82) is 0 Å². The predicted octanol–water partition coefficient (Wildman–Crippen LogP) is 4.00. The van der Waals surface area contributed by atoms with Crippen LogP contribution in [-0.2, 0) is 11.4 Å². The number of carbonyl (C=O) groups is 1. The van der Waals surface area contributed by atoms with Crippen LogP contribution in [0, 0.1) is 6.92 Å². The highest BCUT2D eigenvalue weighted by atomic mass is 32.2. The molecular formula is C20H23N5O3S. The van der Waals surface area contributed by atoms with Gasteiger partial charge in [0.05, 0.1) is 18.0 Å². The van der Waals surface area contributed by atoms with E-state index >= 15 is 0 Å². The predicted molar refractivity (Wildman–Crippen MR) is 109 cm³/mol. The van der Waals surface area contributed by atoms with Gasteiger partial charge in [0.25, 0.3) is 11.1 Å². The lowest BCUT2D eigenvalue weighted by atomic mass is 10.2. The van der Waals surface area contributed by atoms with E-state index in [1.807, 2.05) is 41.9 Å². The van der Waals surface area contributed by atoms with E-state index in [1.165, 1.54) is 24.6 Å². The van der Waals surface area contributed by atoms with E-state index in [9.17, 15) is 4.79 Å². The Bertz CT molecular complexity index is 964. The Balaban J connectivity index is 1.25. The van der Waals surface area contributed by atoms with E-state index in [0.29, 0.717) is 17.2 Å². The minimum atomic E-state index is -0.134. The number of ether oxygens (including phenoxy) is 1. The van der Waals surface area contributed by atoms with Crippen LogP contribution in [0.25, 0.3) is 0 Å². The Morgan fingerprint density at radius 3 is 3.00 bits per heavy atom. The fourth-order valence-corrected chi connectivity index (χ4v) is 3.94. The molecule has 8 nitrogen and oxygen atoms in total. The number of nitrogens with one attached hydrogen (secondary N) is 1. The SMILES string of the molecule is Cc1cccc(OCc2nnc(SCC(=O)Nc3ccnn3C3CCCC3)o2)c1. The Kier molecular flexibility index (Phi) is 6.14. The summed E-state index contributed by atoms with van der Waals surface area (Å²) in [5.41, 5.74) is 1.12. The summed E-state index contributed by atoms with van der Waals surface area (Å²) in [4.78, 5) is 12.3. The zero-order valence-electron chi connectivity index (χ0n) is 16.2. The number of aryl methyl sites for hydroxylation is 1. The zero-order valence-corrected chi connectivity index (χ0v) is 17.0. The molecule has 2 heterocycles. The summed E-state index contributed by atoms with van der Waals surface area (Å²) in [6.45, 7) is 2.18. The number of carbonyl (C=O) groups excluding carboxylic acids is 1. The van der Waals surface area contributed by atoms with E-state index in [-0.39, 0.29) is 18.3 Å². The molecule has 1 saturated carbocycles. The van der Waals surface area contributed by atoms with E-state index in [1.54, 1.807) is 6.20 Å². The molecule has 1 fully saturated rings. The molecule has 0 aliphatic heterocycles. The molecule has 0 atom stereocenters. The zero-order chi connectivity index (χ0) is 20.1. The van der Waals surface area contributed by atoms with Crippen molar-refractivity contribution >= 4 is 23.5 Å². The number of hydrogen-bond acceptors (Lipinski definition) is 7. The molecule has 1 N–H and O–H groups in total. The Labute approximate surface area is 173 Å². The number of anilines is 1. The molecule has 1 amide bonds. The number of nitrogens with zero attached hydrogens (tertiary/aromatic N) is 4. The topological polar surface area (TPSA) is 95.1 Å². The van der Waals surface area contributed by atoms with Gasteiger partial charge in [0.1, 0.15) is 11.6 Å². The van der Waals surface area contributed by atoms with Crippen molar-refractivity contribution in [2.24, 2.45) is 0 Å². The smallest absolute Gasteiger partial charge is 0.277 e. The van der Waals surface area contributed by atoms with Gasteiger partial charge in [-0.1, -0.05) is 36.7 Å². The second-order valence-corrected chi connectivity index (χ2v) is 7.93. The first kappa shape index (κ1) is 19.5. The van der Waals surface area contributed by atoms with E-state index in [0.717, 1.165) is 30.0 Å². The Hall–Kier alpha value is -2.81. The molecule has 1 aliphatic carbocycles. The van der Waals surface area contributed by atoms with Gasteiger partial charge in [-0.3, -0.25) is 4.79 Å². The van der Waals surface area contributed by atoms with Crippen molar-refractivity contribution in [3.63, 3.8) is 0 Å². The summed E-state index contributed by atoms with van der Waals surface area (Å²) in [5, 5.41) is 15.6. The van der Waals surface area contributed by atoms with Crippen LogP contribution in [0.1, 0.15) is 43.2 Å². The van der Waals surface area contributed by atoms with Gasteiger partial charge in [-0.15, -0.1) is 10.2 Å². The molecule has 4 rings (SSSR count). The standard InChI is InChI=1S/C20H23N5O3S/c1-14-5-4-8-16(11-14)27-12-19-23-24-20(28-19)29-13-18(26)22-17-9-10-21-25(17)15-6-2-3-7-15/h4-5,8-11,15H,2-3,6-7,12-13H2,1H3,(H,22,26). The first-order valence-corrected chi connectivity index (χ1v) is 10.6. The normalized spacial score (nSPS) is 14.2. The summed E-state index contributed by atoms with van der Waals surface area (Å²) in [6, 6.07) is 9.94. The third-order valence-electron chi connectivity index (χ3n) is 4.74. The molecule has 3 aromatic rings. The molecule has 0 spiro atoms. The van der Waals surface area contributed by atoms with Crippen LogP contribution in [0.2, 0.25) is 0 Å². The highest BCUT2D eigenvalue weighted by Gasteiger charge is 2.20. The van der Waals surface area contributed by atoms with Gasteiger partial charge < -0.3 is 14.5 Å². The summed E-state index contributed by atoms with van der Waals surface area (Å²) in [6.07, 6.45) is 6.35. The fourth-order valence-electron chi connectivity index (χ4n) is 3.36. The molecule has 152 valence electrons. The van der Waals surface area contributed by atoms with Crippen molar-refractivity contribution < 1.29 is 13.9 Å². The Morgan fingerprint density at radius 1 is 1.31 bits per heavy atom. The van der Waals surface area contributed by atoms with Crippen molar-refractivity contribution in [1.82, 2.24) is 20.0 Å². The average Bonchev–Trinajstić information content (AvgIpc) is 3.46. The maximum atomic E-state index is 12.3. The summed E-state index contributed by atoms with van der Waals surface area (Å²) >= 11 is 1.20. The van der Waals surface area contributed by atoms with E-state index in [4.69, 9.17) is 9.15 Å². The first-order chi connectivity index (χ1) is 14.2. The van der Waals surface area contributed by atoms with Gasteiger partial charge in [-0.2, -0.15) is 5.10 Å². The van der Waals surface area contributed by atoms with Crippen LogP contribution in [0.4, 0.5) is 5.82 Å². The lowest BCUT2D eigenvalue weighted by Gasteiger charge is -2.14. The quantitative estimate of drug-likeness (QED) is 0.558. The van der Waals surface area contributed by atoms with Crippen LogP contribution in [0.3, 0.4) is 0 Å². The molecular weight excluding hydrogens is 390 g/mol. The van der Waals surface area contributed by atoms with Gasteiger partial charge in [0.2, 0.25) is 5.91 Å². The van der Waals surface area contributed by atoms with Gasteiger partial charge in [0, 0.05) is 6.07 Å². The lowest BCUT2D eigenvalue weighted by molar-refractivity contribution is -0.113. The lowest BCUT2D eigenvalue weighted by Crippen LogP contribution is -2.19. The Morgan fingerprint density at radius 2 is 2.17 bits per heavy atom. The molecule has 0 unspecified atom stereocenters. The van der Waals surface area contributed by atoms with Gasteiger partial charge in [-0.25, -0.2) is 4.68 Å². The molecule has 1 aromatic carbocycles. The number of aromatic nitrogens is 4. The number of hydrogen-bond donors (Lipinski definition) is 1. The second-order valence-electron chi connectivity index (χ2n) is 7.00. The molecule has 9 heteroatoms. The maximum Gasteiger partial charge on any atom is 0.277 e. The van der Waals surface area contributed by atoms with Crippen molar-refractivity contribution in [3.05, 3.63) is 48.0 Å². The highest BCUT2D eigenvalue weighted by Crippen LogP contribution is 2.31. The second kappa shape index (κ2) is 9.13. The monoisotopic (exact) mass is 413 g/mol. The van der Waals surface area contributed by atoms with E-state index in [2.05, 4.69) is 20.6 Å². The molecule has 2 aromatic heterocycles. The van der Waals surface area contributed by atoms with Gasteiger partial charge in [0.15, 0.2) is 6.61 Å². The van der Waals surface area contributed by atoms with Crippen molar-refractivity contribution in [2.45, 2.75) is 50.5 Å². The molecule has 0 saturated heterocycles. The number of benzene rings is 1. The first-order valence-electron chi connectivity index (χ1n) is 9.65. The van der Waals surface area contributed by atoms with Crippen molar-refractivity contribution in [3.8, 4) is 5.75 Å². The summed E-state index contributed by atoms with van der Waals surface area (Å²) in [5.74, 6) is 1.89. The van der Waals surface area contributed by atoms with Crippen molar-refractivity contribution in [2.75, 3.05) is 11.1 Å².